The zero-order valence-electron chi connectivity index (χ0n) is 11.3. The first-order chi connectivity index (χ1) is 10.0. The van der Waals surface area contributed by atoms with Gasteiger partial charge in [0.1, 0.15) is 4.21 Å². The van der Waals surface area contributed by atoms with Crippen LogP contribution in [0.5, 0.6) is 0 Å². The van der Waals surface area contributed by atoms with Crippen LogP contribution in [-0.4, -0.2) is 15.0 Å². The van der Waals surface area contributed by atoms with Gasteiger partial charge in [-0.05, 0) is 52.4 Å². The molecular weight excluding hydrogens is 390 g/mol. The molecule has 2 aromatic heterocycles. The highest BCUT2D eigenvalue weighted by atomic mass is 79.9. The van der Waals surface area contributed by atoms with E-state index in [-0.39, 0.29) is 5.41 Å². The van der Waals surface area contributed by atoms with Crippen LogP contribution in [0.4, 0.5) is 0 Å². The molecule has 2 heterocycles. The highest BCUT2D eigenvalue weighted by Gasteiger charge is 2.37. The van der Waals surface area contributed by atoms with Crippen molar-refractivity contribution in [2.75, 3.05) is 6.54 Å². The van der Waals surface area contributed by atoms with Gasteiger partial charge in [-0.2, -0.15) is 0 Å². The minimum absolute atomic E-state index is 0.0181. The molecule has 0 spiro atoms. The molecule has 2 aromatic rings. The van der Waals surface area contributed by atoms with E-state index in [1.807, 2.05) is 6.07 Å². The highest BCUT2D eigenvalue weighted by molar-refractivity contribution is 9.11. The molecule has 0 aliphatic heterocycles. The summed E-state index contributed by atoms with van der Waals surface area (Å²) in [5, 5.41) is 2.07. The van der Waals surface area contributed by atoms with Crippen molar-refractivity contribution in [1.82, 2.24) is 4.72 Å². The van der Waals surface area contributed by atoms with E-state index in [2.05, 4.69) is 32.1 Å². The Morgan fingerprint density at radius 1 is 1.24 bits per heavy atom. The molecule has 114 valence electrons. The average molecular weight is 406 g/mol. The van der Waals surface area contributed by atoms with Gasteiger partial charge >= 0.3 is 0 Å². The lowest BCUT2D eigenvalue weighted by Gasteiger charge is -2.28. The van der Waals surface area contributed by atoms with E-state index >= 15 is 0 Å². The summed E-state index contributed by atoms with van der Waals surface area (Å²) in [5.74, 6) is 0. The lowest BCUT2D eigenvalue weighted by molar-refractivity contribution is 0.440. The van der Waals surface area contributed by atoms with Crippen LogP contribution >= 0.6 is 38.6 Å². The third-order valence-corrected chi connectivity index (χ3v) is 8.65. The summed E-state index contributed by atoms with van der Waals surface area (Å²) in [6.45, 7) is 0.491. The molecule has 0 unspecified atom stereocenters. The quantitative estimate of drug-likeness (QED) is 0.802. The van der Waals surface area contributed by atoms with Crippen LogP contribution in [0.2, 0.25) is 0 Å². The van der Waals surface area contributed by atoms with Gasteiger partial charge in [0.2, 0.25) is 10.0 Å². The lowest BCUT2D eigenvalue weighted by Crippen LogP contribution is -2.38. The Kier molecular flexibility index (Phi) is 4.57. The second kappa shape index (κ2) is 6.12. The Morgan fingerprint density at radius 2 is 2.00 bits per heavy atom. The van der Waals surface area contributed by atoms with Gasteiger partial charge in [-0.3, -0.25) is 0 Å². The fourth-order valence-corrected chi connectivity index (χ4v) is 7.06. The van der Waals surface area contributed by atoms with Crippen molar-refractivity contribution in [2.24, 2.45) is 0 Å². The van der Waals surface area contributed by atoms with E-state index in [4.69, 9.17) is 0 Å². The van der Waals surface area contributed by atoms with Gasteiger partial charge in [-0.15, -0.1) is 22.7 Å². The first-order valence-corrected chi connectivity index (χ1v) is 10.8. The van der Waals surface area contributed by atoms with E-state index < -0.39 is 10.0 Å². The molecule has 0 atom stereocenters. The first kappa shape index (κ1) is 15.7. The molecular formula is C14H16BrNO2S3. The summed E-state index contributed by atoms with van der Waals surface area (Å²) in [7, 11) is -3.41. The van der Waals surface area contributed by atoms with Crippen molar-refractivity contribution >= 4 is 48.6 Å². The standard InChI is InChI=1S/C14H16BrNO2S3/c15-12-5-6-13(20-12)21(17,18)16-10-14(7-1-2-8-14)11-4-3-9-19-11/h3-6,9,16H,1-2,7-8,10H2. The predicted octanol–water partition coefficient (Wildman–Crippen LogP) is 4.36. The van der Waals surface area contributed by atoms with E-state index in [9.17, 15) is 8.42 Å². The van der Waals surface area contributed by atoms with Crippen molar-refractivity contribution in [3.63, 3.8) is 0 Å². The topological polar surface area (TPSA) is 46.2 Å². The van der Waals surface area contributed by atoms with Crippen molar-refractivity contribution < 1.29 is 8.42 Å². The van der Waals surface area contributed by atoms with Crippen LogP contribution in [0.15, 0.2) is 37.6 Å². The van der Waals surface area contributed by atoms with Gasteiger partial charge in [0.15, 0.2) is 0 Å². The maximum Gasteiger partial charge on any atom is 0.250 e. The van der Waals surface area contributed by atoms with Crippen molar-refractivity contribution in [3.8, 4) is 0 Å². The van der Waals surface area contributed by atoms with Crippen LogP contribution in [0.3, 0.4) is 0 Å². The normalized spacial score (nSPS) is 18.1. The van der Waals surface area contributed by atoms with Crippen molar-refractivity contribution in [1.29, 1.82) is 0 Å². The van der Waals surface area contributed by atoms with Crippen LogP contribution in [0, 0.1) is 0 Å². The molecule has 1 aliphatic rings. The Bertz CT molecular complexity index is 700. The Morgan fingerprint density at radius 3 is 2.57 bits per heavy atom. The maximum atomic E-state index is 12.4. The molecule has 1 fully saturated rings. The monoisotopic (exact) mass is 405 g/mol. The summed E-state index contributed by atoms with van der Waals surface area (Å²) in [6.07, 6.45) is 4.46. The summed E-state index contributed by atoms with van der Waals surface area (Å²) >= 11 is 6.28. The van der Waals surface area contributed by atoms with E-state index in [1.54, 1.807) is 23.5 Å². The minimum Gasteiger partial charge on any atom is -0.210 e. The second-order valence-electron chi connectivity index (χ2n) is 5.35. The Balaban J connectivity index is 1.79. The molecule has 1 aliphatic carbocycles. The number of rotatable bonds is 5. The third kappa shape index (κ3) is 3.27. The van der Waals surface area contributed by atoms with Gasteiger partial charge in [-0.25, -0.2) is 13.1 Å². The zero-order valence-corrected chi connectivity index (χ0v) is 15.4. The second-order valence-corrected chi connectivity index (χ2v) is 10.8. The average Bonchev–Trinajstić information content (AvgIpc) is 3.18. The van der Waals surface area contributed by atoms with Gasteiger partial charge < -0.3 is 0 Å². The molecule has 1 saturated carbocycles. The van der Waals surface area contributed by atoms with Crippen LogP contribution < -0.4 is 4.72 Å². The SMILES string of the molecule is O=S(=O)(NCC1(c2cccs2)CCCC1)c1ccc(Br)s1. The van der Waals surface area contributed by atoms with Gasteiger partial charge in [0, 0.05) is 16.8 Å². The number of halogens is 1. The Labute approximate surface area is 141 Å². The van der Waals surface area contributed by atoms with E-state index in [0.717, 1.165) is 16.6 Å². The Hall–Kier alpha value is -0.210. The number of hydrogen-bond acceptors (Lipinski definition) is 4. The van der Waals surface area contributed by atoms with Gasteiger partial charge in [0.25, 0.3) is 0 Å². The number of thiophene rings is 2. The number of hydrogen-bond donors (Lipinski definition) is 1. The molecule has 0 amide bonds. The smallest absolute Gasteiger partial charge is 0.210 e. The first-order valence-electron chi connectivity index (χ1n) is 6.81. The summed E-state index contributed by atoms with van der Waals surface area (Å²) in [6, 6.07) is 7.59. The van der Waals surface area contributed by atoms with Gasteiger partial charge in [0.05, 0.1) is 3.79 Å². The molecule has 0 aromatic carbocycles. The lowest BCUT2D eigenvalue weighted by atomic mass is 9.85. The van der Waals surface area contributed by atoms with Crippen LogP contribution in [0.1, 0.15) is 30.6 Å². The van der Waals surface area contributed by atoms with Crippen LogP contribution in [0.25, 0.3) is 0 Å². The number of nitrogens with one attached hydrogen (secondary N) is 1. The molecule has 3 nitrogen and oxygen atoms in total. The third-order valence-electron chi connectivity index (χ3n) is 4.02. The molecule has 3 rings (SSSR count). The maximum absolute atomic E-state index is 12.4. The summed E-state index contributed by atoms with van der Waals surface area (Å²) in [4.78, 5) is 1.30. The summed E-state index contributed by atoms with van der Waals surface area (Å²) < 4.78 is 28.8. The molecule has 0 bridgehead atoms. The molecule has 0 radical (unpaired) electrons. The minimum atomic E-state index is -3.41. The van der Waals surface area contributed by atoms with E-state index in [1.165, 1.54) is 29.1 Å². The van der Waals surface area contributed by atoms with Crippen molar-refractivity contribution in [3.05, 3.63) is 38.3 Å². The zero-order chi connectivity index (χ0) is 14.9. The van der Waals surface area contributed by atoms with E-state index in [0.29, 0.717) is 10.8 Å². The number of sulfonamides is 1. The van der Waals surface area contributed by atoms with Crippen LogP contribution in [-0.2, 0) is 15.4 Å². The molecule has 0 saturated heterocycles. The summed E-state index contributed by atoms with van der Waals surface area (Å²) in [5.41, 5.74) is -0.0181. The van der Waals surface area contributed by atoms with Gasteiger partial charge in [-0.1, -0.05) is 18.9 Å². The predicted molar refractivity (Wildman–Crippen MR) is 91.7 cm³/mol. The molecule has 21 heavy (non-hydrogen) atoms. The van der Waals surface area contributed by atoms with Crippen molar-refractivity contribution in [2.45, 2.75) is 35.3 Å². The largest absolute Gasteiger partial charge is 0.250 e. The fourth-order valence-electron chi connectivity index (χ4n) is 2.89. The highest BCUT2D eigenvalue weighted by Crippen LogP contribution is 2.42. The molecule has 7 heteroatoms. The fraction of sp³-hybridized carbons (Fsp3) is 0.429. The molecule has 1 N–H and O–H groups in total.